The summed E-state index contributed by atoms with van der Waals surface area (Å²) >= 11 is 0. The molecule has 2 aliphatic rings. The van der Waals surface area contributed by atoms with Crippen LogP contribution in [0, 0.1) is 17.3 Å². The summed E-state index contributed by atoms with van der Waals surface area (Å²) in [5, 5.41) is 3.88. The highest BCUT2D eigenvalue weighted by atomic mass is 16.5. The Bertz CT molecular complexity index is 264. The van der Waals surface area contributed by atoms with Gasteiger partial charge in [-0.2, -0.15) is 0 Å². The molecule has 19 heavy (non-hydrogen) atoms. The van der Waals surface area contributed by atoms with Gasteiger partial charge in [-0.25, -0.2) is 0 Å². The Kier molecular flexibility index (Phi) is 5.30. The predicted octanol–water partition coefficient (Wildman–Crippen LogP) is 4.00. The molecule has 0 aliphatic heterocycles. The van der Waals surface area contributed by atoms with Gasteiger partial charge in [0, 0.05) is 19.2 Å². The van der Waals surface area contributed by atoms with Gasteiger partial charge in [-0.3, -0.25) is 0 Å². The Morgan fingerprint density at radius 3 is 2.21 bits per heavy atom. The van der Waals surface area contributed by atoms with Crippen LogP contribution in [0.5, 0.6) is 0 Å². The average molecular weight is 267 g/mol. The van der Waals surface area contributed by atoms with E-state index < -0.39 is 0 Å². The molecule has 0 aromatic carbocycles. The van der Waals surface area contributed by atoms with Gasteiger partial charge in [-0.1, -0.05) is 27.2 Å². The van der Waals surface area contributed by atoms with Crippen LogP contribution in [0.15, 0.2) is 0 Å². The monoisotopic (exact) mass is 267 g/mol. The largest absolute Gasteiger partial charge is 0.383 e. The fourth-order valence-electron chi connectivity index (χ4n) is 3.63. The zero-order valence-corrected chi connectivity index (χ0v) is 13.4. The first-order chi connectivity index (χ1) is 9.06. The molecular formula is C17H33NO. The molecule has 2 saturated carbocycles. The lowest BCUT2D eigenvalue weighted by atomic mass is 9.69. The lowest BCUT2D eigenvalue weighted by Crippen LogP contribution is -2.45. The smallest absolute Gasteiger partial charge is 0.0618 e. The quantitative estimate of drug-likeness (QED) is 0.753. The molecule has 1 unspecified atom stereocenters. The normalized spacial score (nSPS) is 30.3. The molecule has 0 aromatic rings. The third-order valence-electron chi connectivity index (χ3n) is 5.73. The van der Waals surface area contributed by atoms with Crippen molar-refractivity contribution in [1.29, 1.82) is 0 Å². The predicted molar refractivity (Wildman–Crippen MR) is 81.3 cm³/mol. The summed E-state index contributed by atoms with van der Waals surface area (Å²) in [6.07, 6.45) is 9.65. The van der Waals surface area contributed by atoms with E-state index in [9.17, 15) is 0 Å². The first-order valence-electron chi connectivity index (χ1n) is 8.31. The van der Waals surface area contributed by atoms with Crippen molar-refractivity contribution >= 4 is 0 Å². The van der Waals surface area contributed by atoms with Crippen molar-refractivity contribution in [3.05, 3.63) is 0 Å². The van der Waals surface area contributed by atoms with Crippen molar-refractivity contribution in [3.8, 4) is 0 Å². The molecule has 2 heteroatoms. The second-order valence-corrected chi connectivity index (χ2v) is 7.46. The molecular weight excluding hydrogens is 234 g/mol. The molecule has 0 amide bonds. The average Bonchev–Trinajstić information content (AvgIpc) is 3.23. The topological polar surface area (TPSA) is 21.3 Å². The Labute approximate surface area is 119 Å². The fourth-order valence-corrected chi connectivity index (χ4v) is 3.63. The summed E-state index contributed by atoms with van der Waals surface area (Å²) in [6, 6.07) is 1.36. The van der Waals surface area contributed by atoms with E-state index >= 15 is 0 Å². The van der Waals surface area contributed by atoms with Gasteiger partial charge in [0.2, 0.25) is 0 Å². The van der Waals surface area contributed by atoms with E-state index in [0.29, 0.717) is 11.5 Å². The highest BCUT2D eigenvalue weighted by molar-refractivity contribution is 4.91. The number of nitrogens with one attached hydrogen (secondary N) is 1. The first-order valence-corrected chi connectivity index (χ1v) is 8.31. The van der Waals surface area contributed by atoms with Gasteiger partial charge in [-0.15, -0.1) is 0 Å². The number of hydrogen-bond acceptors (Lipinski definition) is 2. The molecule has 1 atom stereocenters. The molecule has 2 nitrogen and oxygen atoms in total. The molecule has 2 fully saturated rings. The first kappa shape index (κ1) is 15.3. The van der Waals surface area contributed by atoms with Gasteiger partial charge >= 0.3 is 0 Å². The molecule has 0 spiro atoms. The van der Waals surface area contributed by atoms with Crippen LogP contribution in [-0.4, -0.2) is 25.8 Å². The van der Waals surface area contributed by atoms with Crippen molar-refractivity contribution in [3.63, 3.8) is 0 Å². The summed E-state index contributed by atoms with van der Waals surface area (Å²) in [6.45, 7) is 8.13. The van der Waals surface area contributed by atoms with Gasteiger partial charge in [0.15, 0.2) is 0 Å². The van der Waals surface area contributed by atoms with E-state index in [0.717, 1.165) is 24.5 Å². The van der Waals surface area contributed by atoms with Crippen molar-refractivity contribution in [1.82, 2.24) is 5.32 Å². The second-order valence-electron chi connectivity index (χ2n) is 7.46. The maximum Gasteiger partial charge on any atom is 0.0618 e. The van der Waals surface area contributed by atoms with E-state index in [4.69, 9.17) is 4.74 Å². The molecule has 1 N–H and O–H groups in total. The molecule has 0 heterocycles. The zero-order chi connectivity index (χ0) is 13.9. The third-order valence-corrected chi connectivity index (χ3v) is 5.73. The van der Waals surface area contributed by atoms with Crippen molar-refractivity contribution in [2.75, 3.05) is 13.7 Å². The van der Waals surface area contributed by atoms with Gasteiger partial charge in [0.25, 0.3) is 0 Å². The van der Waals surface area contributed by atoms with Crippen LogP contribution in [0.4, 0.5) is 0 Å². The molecule has 2 aliphatic carbocycles. The van der Waals surface area contributed by atoms with E-state index in [-0.39, 0.29) is 0 Å². The van der Waals surface area contributed by atoms with Gasteiger partial charge in [0.1, 0.15) is 0 Å². The lowest BCUT2D eigenvalue weighted by molar-refractivity contribution is 0.115. The minimum atomic E-state index is 0.535. The second kappa shape index (κ2) is 6.58. The Hall–Kier alpha value is -0.0800. The fraction of sp³-hybridized carbons (Fsp3) is 1.00. The van der Waals surface area contributed by atoms with E-state index in [2.05, 4.69) is 26.1 Å². The van der Waals surface area contributed by atoms with Crippen molar-refractivity contribution in [2.45, 2.75) is 77.8 Å². The van der Waals surface area contributed by atoms with E-state index in [1.54, 1.807) is 0 Å². The lowest BCUT2D eigenvalue weighted by Gasteiger charge is -2.40. The molecule has 0 bridgehead atoms. The Balaban J connectivity index is 1.76. The number of ether oxygens (including phenoxy) is 1. The highest BCUT2D eigenvalue weighted by Crippen LogP contribution is 2.41. The summed E-state index contributed by atoms with van der Waals surface area (Å²) in [5.41, 5.74) is 0.535. The Morgan fingerprint density at radius 2 is 1.74 bits per heavy atom. The van der Waals surface area contributed by atoms with Gasteiger partial charge in [0.05, 0.1) is 6.61 Å². The third kappa shape index (κ3) is 4.19. The summed E-state index contributed by atoms with van der Waals surface area (Å²) in [7, 11) is 1.83. The molecule has 0 saturated heterocycles. The number of rotatable bonds is 7. The number of hydrogen-bond donors (Lipinski definition) is 1. The molecule has 0 aromatic heterocycles. The van der Waals surface area contributed by atoms with Crippen LogP contribution < -0.4 is 5.32 Å². The van der Waals surface area contributed by atoms with Crippen LogP contribution >= 0.6 is 0 Å². The molecule has 0 radical (unpaired) electrons. The highest BCUT2D eigenvalue weighted by Gasteiger charge is 2.35. The maximum atomic E-state index is 5.38. The van der Waals surface area contributed by atoms with E-state index in [1.807, 2.05) is 7.11 Å². The van der Waals surface area contributed by atoms with Crippen LogP contribution in [0.25, 0.3) is 0 Å². The minimum Gasteiger partial charge on any atom is -0.383 e. The summed E-state index contributed by atoms with van der Waals surface area (Å²) in [5.74, 6) is 1.82. The molecule has 112 valence electrons. The zero-order valence-electron chi connectivity index (χ0n) is 13.4. The standard InChI is InChI=1S/C17H33NO/c1-5-17(2,3)14-8-10-15(11-9-14)18-16(12-19-4)13-6-7-13/h13-16,18H,5-12H2,1-4H3. The number of methoxy groups -OCH3 is 1. The summed E-state index contributed by atoms with van der Waals surface area (Å²) < 4.78 is 5.38. The molecule has 2 rings (SSSR count). The summed E-state index contributed by atoms with van der Waals surface area (Å²) in [4.78, 5) is 0. The SMILES string of the molecule is CCC(C)(C)C1CCC(NC(COC)C2CC2)CC1. The van der Waals surface area contributed by atoms with Crippen molar-refractivity contribution < 1.29 is 4.74 Å². The van der Waals surface area contributed by atoms with Gasteiger partial charge in [-0.05, 0) is 55.8 Å². The van der Waals surface area contributed by atoms with Crippen molar-refractivity contribution in [2.24, 2.45) is 17.3 Å². The maximum absolute atomic E-state index is 5.38. The van der Waals surface area contributed by atoms with E-state index in [1.165, 1.54) is 44.9 Å². The van der Waals surface area contributed by atoms with Crippen LogP contribution in [0.3, 0.4) is 0 Å². The minimum absolute atomic E-state index is 0.535. The van der Waals surface area contributed by atoms with Gasteiger partial charge < -0.3 is 10.1 Å². The Morgan fingerprint density at radius 1 is 1.11 bits per heavy atom. The van der Waals surface area contributed by atoms with Crippen LogP contribution in [-0.2, 0) is 4.74 Å². The van der Waals surface area contributed by atoms with Crippen LogP contribution in [0.1, 0.15) is 65.7 Å². The van der Waals surface area contributed by atoms with Crippen LogP contribution in [0.2, 0.25) is 0 Å².